The Morgan fingerprint density at radius 2 is 2.14 bits per heavy atom. The average Bonchev–Trinajstić information content (AvgIpc) is 3.10. The second kappa shape index (κ2) is 6.34. The molecule has 1 amide bonds. The van der Waals surface area contributed by atoms with Crippen molar-refractivity contribution in [3.8, 4) is 0 Å². The highest BCUT2D eigenvalue weighted by Gasteiger charge is 2.33. The van der Waals surface area contributed by atoms with Crippen LogP contribution in [0.2, 0.25) is 0 Å². The Morgan fingerprint density at radius 3 is 2.86 bits per heavy atom. The molecule has 1 aliphatic rings. The van der Waals surface area contributed by atoms with E-state index in [1.807, 2.05) is 18.2 Å². The molecule has 0 spiro atoms. The third-order valence-corrected chi connectivity index (χ3v) is 5.63. The van der Waals surface area contributed by atoms with Gasteiger partial charge in [-0.2, -0.15) is 0 Å². The van der Waals surface area contributed by atoms with Gasteiger partial charge < -0.3 is 10.4 Å². The molecule has 2 aromatic rings. The van der Waals surface area contributed by atoms with Gasteiger partial charge in [-0.25, -0.2) is 4.98 Å². The van der Waals surface area contributed by atoms with Gasteiger partial charge in [0.05, 0.1) is 27.2 Å². The zero-order valence-electron chi connectivity index (χ0n) is 12.8. The van der Waals surface area contributed by atoms with Gasteiger partial charge in [0.2, 0.25) is 5.91 Å². The molecule has 1 heterocycles. The van der Waals surface area contributed by atoms with Crippen molar-refractivity contribution in [3.05, 3.63) is 29.3 Å². The van der Waals surface area contributed by atoms with E-state index in [-0.39, 0.29) is 18.2 Å². The smallest absolute Gasteiger partial charge is 0.222 e. The van der Waals surface area contributed by atoms with Crippen LogP contribution in [0.3, 0.4) is 0 Å². The summed E-state index contributed by atoms with van der Waals surface area (Å²) in [6.07, 6.45) is 3.75. The number of amides is 1. The van der Waals surface area contributed by atoms with Gasteiger partial charge in [-0.3, -0.25) is 4.79 Å². The minimum atomic E-state index is -0.775. The number of carbonyl (C=O) groups excluding carboxylic acids is 1. The van der Waals surface area contributed by atoms with Crippen LogP contribution in [-0.4, -0.2) is 28.1 Å². The fourth-order valence-corrected chi connectivity index (χ4v) is 4.05. The molecule has 1 fully saturated rings. The summed E-state index contributed by atoms with van der Waals surface area (Å²) in [4.78, 5) is 16.6. The molecule has 1 atom stereocenters. The average molecular weight is 318 g/mol. The number of benzene rings is 1. The highest BCUT2D eigenvalue weighted by atomic mass is 32.1. The summed E-state index contributed by atoms with van der Waals surface area (Å²) in [5.41, 5.74) is 0.240. The molecule has 4 nitrogen and oxygen atoms in total. The van der Waals surface area contributed by atoms with Gasteiger partial charge >= 0.3 is 0 Å². The van der Waals surface area contributed by atoms with Crippen LogP contribution in [0.5, 0.6) is 0 Å². The van der Waals surface area contributed by atoms with Crippen molar-refractivity contribution in [1.82, 2.24) is 10.3 Å². The molecular formula is C17H22N2O2S. The third-order valence-electron chi connectivity index (χ3n) is 4.36. The predicted octanol–water partition coefficient (Wildman–Crippen LogP) is 3.21. The van der Waals surface area contributed by atoms with Crippen molar-refractivity contribution >= 4 is 27.5 Å². The number of hydrogen-bond donors (Lipinski definition) is 2. The molecule has 1 unspecified atom stereocenters. The first-order valence-corrected chi connectivity index (χ1v) is 8.72. The molecule has 22 heavy (non-hydrogen) atoms. The van der Waals surface area contributed by atoms with Crippen LogP contribution in [0.15, 0.2) is 24.3 Å². The maximum atomic E-state index is 12.0. The molecule has 1 aromatic carbocycles. The van der Waals surface area contributed by atoms with Crippen LogP contribution in [0.1, 0.15) is 50.0 Å². The number of para-hydroxylation sites is 1. The predicted molar refractivity (Wildman–Crippen MR) is 89.1 cm³/mol. The van der Waals surface area contributed by atoms with Crippen LogP contribution in [-0.2, 0) is 4.79 Å². The fraction of sp³-hybridized carbons (Fsp3) is 0.529. The number of aliphatic hydroxyl groups is 1. The number of nitrogens with one attached hydrogen (secondary N) is 1. The molecule has 1 aromatic heterocycles. The van der Waals surface area contributed by atoms with Gasteiger partial charge in [0, 0.05) is 12.5 Å². The maximum absolute atomic E-state index is 12.0. The molecule has 118 valence electrons. The Kier molecular flexibility index (Phi) is 4.45. The normalized spacial score (nSPS) is 18.5. The van der Waals surface area contributed by atoms with Crippen LogP contribution in [0, 0.1) is 0 Å². The Bertz CT molecular complexity index is 628. The standard InChI is InChI=1S/C17H22N2O2S/c1-12(16-19-13-6-2-3-7-14(13)22-16)11-18-15(20)10-17(21)8-4-5-9-17/h2-3,6-7,12,21H,4-5,8-11H2,1H3,(H,18,20). The Balaban J connectivity index is 1.55. The first kappa shape index (κ1) is 15.4. The van der Waals surface area contributed by atoms with E-state index in [4.69, 9.17) is 0 Å². The van der Waals surface area contributed by atoms with Gasteiger partial charge in [-0.15, -0.1) is 11.3 Å². The van der Waals surface area contributed by atoms with Crippen LogP contribution >= 0.6 is 11.3 Å². The van der Waals surface area contributed by atoms with Crippen molar-refractivity contribution in [1.29, 1.82) is 0 Å². The van der Waals surface area contributed by atoms with Gasteiger partial charge in [-0.1, -0.05) is 31.9 Å². The summed E-state index contributed by atoms with van der Waals surface area (Å²) in [6, 6.07) is 8.08. The van der Waals surface area contributed by atoms with Gasteiger partial charge in [0.25, 0.3) is 0 Å². The second-order valence-electron chi connectivity index (χ2n) is 6.33. The molecule has 0 aliphatic heterocycles. The lowest BCUT2D eigenvalue weighted by molar-refractivity contribution is -0.125. The lowest BCUT2D eigenvalue weighted by atomic mass is 9.97. The summed E-state index contributed by atoms with van der Waals surface area (Å²) in [6.45, 7) is 2.64. The highest BCUT2D eigenvalue weighted by molar-refractivity contribution is 7.18. The Labute approximate surface area is 134 Å². The summed E-state index contributed by atoms with van der Waals surface area (Å²) in [7, 11) is 0. The van der Waals surface area contributed by atoms with E-state index >= 15 is 0 Å². The first-order valence-electron chi connectivity index (χ1n) is 7.90. The lowest BCUT2D eigenvalue weighted by Crippen LogP contribution is -2.36. The van der Waals surface area contributed by atoms with E-state index in [0.29, 0.717) is 6.54 Å². The van der Waals surface area contributed by atoms with Gasteiger partial charge in [0.15, 0.2) is 0 Å². The van der Waals surface area contributed by atoms with E-state index < -0.39 is 5.60 Å². The summed E-state index contributed by atoms with van der Waals surface area (Å²) < 4.78 is 1.18. The second-order valence-corrected chi connectivity index (χ2v) is 7.40. The molecule has 0 radical (unpaired) electrons. The topological polar surface area (TPSA) is 62.2 Å². The largest absolute Gasteiger partial charge is 0.389 e. The molecule has 3 rings (SSSR count). The lowest BCUT2D eigenvalue weighted by Gasteiger charge is -2.21. The Morgan fingerprint density at radius 1 is 1.41 bits per heavy atom. The van der Waals surface area contributed by atoms with E-state index in [0.717, 1.165) is 36.2 Å². The maximum Gasteiger partial charge on any atom is 0.222 e. The van der Waals surface area contributed by atoms with Crippen molar-refractivity contribution in [3.63, 3.8) is 0 Å². The van der Waals surface area contributed by atoms with E-state index in [1.165, 1.54) is 4.70 Å². The molecule has 1 aliphatic carbocycles. The summed E-state index contributed by atoms with van der Waals surface area (Å²) in [5, 5.41) is 14.3. The van der Waals surface area contributed by atoms with E-state index in [1.54, 1.807) is 11.3 Å². The van der Waals surface area contributed by atoms with Crippen LogP contribution in [0.25, 0.3) is 10.2 Å². The van der Waals surface area contributed by atoms with E-state index in [2.05, 4.69) is 23.3 Å². The number of fused-ring (bicyclic) bond motifs is 1. The monoisotopic (exact) mass is 318 g/mol. The molecule has 0 saturated heterocycles. The molecular weight excluding hydrogens is 296 g/mol. The zero-order chi connectivity index (χ0) is 15.6. The van der Waals surface area contributed by atoms with Gasteiger partial charge in [0.1, 0.15) is 0 Å². The molecule has 2 N–H and O–H groups in total. The summed E-state index contributed by atoms with van der Waals surface area (Å²) >= 11 is 1.68. The minimum absolute atomic E-state index is 0.0580. The van der Waals surface area contributed by atoms with Gasteiger partial charge in [-0.05, 0) is 25.0 Å². The van der Waals surface area contributed by atoms with Crippen molar-refractivity contribution in [2.45, 2.75) is 50.5 Å². The highest BCUT2D eigenvalue weighted by Crippen LogP contribution is 2.32. The molecule has 5 heteroatoms. The first-order chi connectivity index (χ1) is 10.6. The van der Waals surface area contributed by atoms with Crippen molar-refractivity contribution < 1.29 is 9.90 Å². The number of aromatic nitrogens is 1. The zero-order valence-corrected chi connectivity index (χ0v) is 13.7. The molecule has 0 bridgehead atoms. The number of hydrogen-bond acceptors (Lipinski definition) is 4. The Hall–Kier alpha value is -1.46. The van der Waals surface area contributed by atoms with E-state index in [9.17, 15) is 9.90 Å². The minimum Gasteiger partial charge on any atom is -0.389 e. The quantitative estimate of drug-likeness (QED) is 0.890. The number of carbonyl (C=O) groups is 1. The number of nitrogens with zero attached hydrogens (tertiary/aromatic N) is 1. The number of thiazole rings is 1. The fourth-order valence-electron chi connectivity index (χ4n) is 3.03. The van der Waals surface area contributed by atoms with Crippen LogP contribution < -0.4 is 5.32 Å². The molecule has 1 saturated carbocycles. The summed E-state index contributed by atoms with van der Waals surface area (Å²) in [5.74, 6) is 0.122. The van der Waals surface area contributed by atoms with Crippen LogP contribution in [0.4, 0.5) is 0 Å². The number of rotatable bonds is 5. The third kappa shape index (κ3) is 3.47. The van der Waals surface area contributed by atoms with Crippen molar-refractivity contribution in [2.24, 2.45) is 0 Å². The van der Waals surface area contributed by atoms with Crippen molar-refractivity contribution in [2.75, 3.05) is 6.54 Å². The SMILES string of the molecule is CC(CNC(=O)CC1(O)CCCC1)c1nc2ccccc2s1.